The van der Waals surface area contributed by atoms with Crippen LogP contribution in [0.25, 0.3) is 0 Å². The van der Waals surface area contributed by atoms with Gasteiger partial charge in [-0.15, -0.1) is 6.42 Å². The van der Waals surface area contributed by atoms with Gasteiger partial charge in [0.2, 0.25) is 0 Å². The van der Waals surface area contributed by atoms with Crippen molar-refractivity contribution in [2.24, 2.45) is 0 Å². The lowest BCUT2D eigenvalue weighted by Gasteiger charge is -2.31. The summed E-state index contributed by atoms with van der Waals surface area (Å²) in [6.45, 7) is 6.68. The molecule has 3 nitrogen and oxygen atoms in total. The van der Waals surface area contributed by atoms with E-state index in [0.717, 1.165) is 12.1 Å². The number of esters is 1. The first-order chi connectivity index (χ1) is 14.6. The van der Waals surface area contributed by atoms with Crippen molar-refractivity contribution in [1.29, 1.82) is 0 Å². The zero-order valence-electron chi connectivity index (χ0n) is 17.9. The van der Waals surface area contributed by atoms with Crippen LogP contribution in [-0.2, 0) is 10.2 Å². The Morgan fingerprint density at radius 2 is 1.59 bits per heavy atom. The number of carbonyl (C=O) groups excluding carboxylic acids is 2. The standard InChI is InChI=1S/C24H21Cl2F3O3/c1-6-23(24(27,28)29,16-10-17(25)12-18(26)11-16)13-20(30)15-7-8-19(14(2)9-15)21(31)32-22(3,4)5/h1,7-12H,13H2,2-5H3/t23-/m1/s1. The average molecular weight is 485 g/mol. The molecule has 8 heteroatoms. The van der Waals surface area contributed by atoms with Crippen molar-refractivity contribution in [3.05, 3.63) is 68.7 Å². The highest BCUT2D eigenvalue weighted by molar-refractivity contribution is 6.34. The third kappa shape index (κ3) is 5.65. The van der Waals surface area contributed by atoms with Crippen molar-refractivity contribution in [2.75, 3.05) is 0 Å². The molecule has 2 rings (SSSR count). The number of Topliss-reactive ketones (excluding diaryl/α,β-unsaturated/α-hetero) is 1. The summed E-state index contributed by atoms with van der Waals surface area (Å²) in [4.78, 5) is 25.2. The Kier molecular flexibility index (Phi) is 7.38. The minimum absolute atomic E-state index is 0.0215. The molecule has 170 valence electrons. The zero-order chi connectivity index (χ0) is 24.5. The lowest BCUT2D eigenvalue weighted by atomic mass is 9.75. The van der Waals surface area contributed by atoms with E-state index >= 15 is 0 Å². The van der Waals surface area contributed by atoms with E-state index in [1.54, 1.807) is 33.6 Å². The van der Waals surface area contributed by atoms with E-state index in [2.05, 4.69) is 0 Å². The van der Waals surface area contributed by atoms with Gasteiger partial charge in [0.1, 0.15) is 5.60 Å². The van der Waals surface area contributed by atoms with E-state index in [0.29, 0.717) is 5.56 Å². The molecule has 0 unspecified atom stereocenters. The number of ether oxygens (including phenoxy) is 1. The Morgan fingerprint density at radius 3 is 2.03 bits per heavy atom. The Bertz CT molecular complexity index is 1070. The SMILES string of the molecule is C#C[C@@](CC(=O)c1ccc(C(=O)OC(C)(C)C)c(C)c1)(c1cc(Cl)cc(Cl)c1)C(F)(F)F. The molecule has 0 N–H and O–H groups in total. The summed E-state index contributed by atoms with van der Waals surface area (Å²) in [6, 6.07) is 7.32. The van der Waals surface area contributed by atoms with Crippen molar-refractivity contribution in [1.82, 2.24) is 0 Å². The first kappa shape index (κ1) is 25.8. The van der Waals surface area contributed by atoms with Gasteiger partial charge in [-0.2, -0.15) is 13.2 Å². The number of rotatable bonds is 5. The van der Waals surface area contributed by atoms with Crippen LogP contribution < -0.4 is 0 Å². The van der Waals surface area contributed by atoms with Crippen LogP contribution in [0.4, 0.5) is 13.2 Å². The predicted molar refractivity (Wildman–Crippen MR) is 118 cm³/mol. The first-order valence-corrected chi connectivity index (χ1v) is 10.2. The molecule has 0 saturated carbocycles. The number of hydrogen-bond donors (Lipinski definition) is 0. The molecular weight excluding hydrogens is 464 g/mol. The monoisotopic (exact) mass is 484 g/mol. The van der Waals surface area contributed by atoms with Gasteiger partial charge in [0.15, 0.2) is 11.2 Å². The van der Waals surface area contributed by atoms with Gasteiger partial charge in [-0.05, 0) is 69.2 Å². The fraction of sp³-hybridized carbons (Fsp3) is 0.333. The lowest BCUT2D eigenvalue weighted by molar-refractivity contribution is -0.172. The van der Waals surface area contributed by atoms with E-state index in [1.165, 1.54) is 24.3 Å². The van der Waals surface area contributed by atoms with Crippen LogP contribution >= 0.6 is 23.2 Å². The lowest BCUT2D eigenvalue weighted by Crippen LogP contribution is -2.43. The van der Waals surface area contributed by atoms with Gasteiger partial charge in [0.25, 0.3) is 0 Å². The maximum absolute atomic E-state index is 14.2. The highest BCUT2D eigenvalue weighted by Gasteiger charge is 2.56. The van der Waals surface area contributed by atoms with Crippen molar-refractivity contribution in [3.63, 3.8) is 0 Å². The number of benzene rings is 2. The molecule has 2 aromatic carbocycles. The minimum Gasteiger partial charge on any atom is -0.456 e. The van der Waals surface area contributed by atoms with Gasteiger partial charge >= 0.3 is 12.1 Å². The summed E-state index contributed by atoms with van der Waals surface area (Å²) < 4.78 is 47.8. The highest BCUT2D eigenvalue weighted by atomic mass is 35.5. The molecule has 0 spiro atoms. The molecule has 0 fully saturated rings. The molecule has 0 amide bonds. The third-order valence-corrected chi connectivity index (χ3v) is 5.12. The average Bonchev–Trinajstić information content (AvgIpc) is 2.62. The van der Waals surface area contributed by atoms with Crippen LogP contribution in [0.5, 0.6) is 0 Å². The molecule has 0 heterocycles. The summed E-state index contributed by atoms with van der Waals surface area (Å²) in [6.07, 6.45) is -0.687. The van der Waals surface area contributed by atoms with Gasteiger partial charge < -0.3 is 4.74 Å². The number of alkyl halides is 3. The second-order valence-electron chi connectivity index (χ2n) is 8.34. The largest absolute Gasteiger partial charge is 0.456 e. The summed E-state index contributed by atoms with van der Waals surface area (Å²) in [5.74, 6) is 0.307. The molecule has 2 aromatic rings. The number of ketones is 1. The normalized spacial score (nSPS) is 13.8. The predicted octanol–water partition coefficient (Wildman–Crippen LogP) is 6.96. The molecule has 32 heavy (non-hydrogen) atoms. The van der Waals surface area contributed by atoms with Gasteiger partial charge in [-0.25, -0.2) is 4.79 Å². The molecule has 0 aliphatic rings. The van der Waals surface area contributed by atoms with Crippen LogP contribution in [0, 0.1) is 19.3 Å². The molecule has 0 radical (unpaired) electrons. The number of aryl methyl sites for hydroxylation is 1. The van der Waals surface area contributed by atoms with Crippen molar-refractivity contribution >= 4 is 35.0 Å². The number of terminal acetylenes is 1. The molecule has 0 aliphatic carbocycles. The van der Waals surface area contributed by atoms with Gasteiger partial charge in [-0.3, -0.25) is 4.79 Å². The van der Waals surface area contributed by atoms with Gasteiger partial charge in [0, 0.05) is 22.0 Å². The quantitative estimate of drug-likeness (QED) is 0.261. The Hall–Kier alpha value is -2.49. The fourth-order valence-corrected chi connectivity index (χ4v) is 3.65. The van der Waals surface area contributed by atoms with Gasteiger partial charge in [0.05, 0.1) is 5.56 Å². The number of carbonyl (C=O) groups is 2. The van der Waals surface area contributed by atoms with Crippen LogP contribution in [0.2, 0.25) is 10.0 Å². The van der Waals surface area contributed by atoms with E-state index in [-0.39, 0.29) is 21.2 Å². The van der Waals surface area contributed by atoms with Crippen LogP contribution in [0.1, 0.15) is 59.0 Å². The molecule has 1 atom stereocenters. The smallest absolute Gasteiger partial charge is 0.409 e. The maximum Gasteiger partial charge on any atom is 0.409 e. The zero-order valence-corrected chi connectivity index (χ0v) is 19.4. The maximum atomic E-state index is 14.2. The number of halogens is 5. The van der Waals surface area contributed by atoms with E-state index in [9.17, 15) is 22.8 Å². The Labute approximate surface area is 194 Å². The van der Waals surface area contributed by atoms with Crippen molar-refractivity contribution in [3.8, 4) is 12.3 Å². The van der Waals surface area contributed by atoms with Crippen LogP contribution in [0.3, 0.4) is 0 Å². The fourth-order valence-electron chi connectivity index (χ4n) is 3.12. The van der Waals surface area contributed by atoms with Crippen molar-refractivity contribution in [2.45, 2.75) is 51.3 Å². The summed E-state index contributed by atoms with van der Waals surface area (Å²) in [5.41, 5.74) is -3.50. The molecule has 0 saturated heterocycles. The first-order valence-electron chi connectivity index (χ1n) is 9.48. The van der Waals surface area contributed by atoms with Crippen LogP contribution in [-0.4, -0.2) is 23.5 Å². The highest BCUT2D eigenvalue weighted by Crippen LogP contribution is 2.45. The van der Waals surface area contributed by atoms with E-state index in [4.69, 9.17) is 34.4 Å². The topological polar surface area (TPSA) is 43.4 Å². The summed E-state index contributed by atoms with van der Waals surface area (Å²) in [5, 5.41) is -0.0808. The second kappa shape index (κ2) is 9.17. The Balaban J connectivity index is 2.46. The Morgan fingerprint density at radius 1 is 1.03 bits per heavy atom. The molecule has 0 aliphatic heterocycles. The molecule has 0 aromatic heterocycles. The van der Waals surface area contributed by atoms with Crippen molar-refractivity contribution < 1.29 is 27.5 Å². The number of hydrogen-bond acceptors (Lipinski definition) is 3. The van der Waals surface area contributed by atoms with E-state index < -0.39 is 40.9 Å². The van der Waals surface area contributed by atoms with Gasteiger partial charge in [-0.1, -0.05) is 35.2 Å². The minimum atomic E-state index is -4.96. The molecular formula is C24H21Cl2F3O3. The third-order valence-electron chi connectivity index (χ3n) is 4.68. The van der Waals surface area contributed by atoms with Crippen LogP contribution in [0.15, 0.2) is 36.4 Å². The summed E-state index contributed by atoms with van der Waals surface area (Å²) >= 11 is 11.8. The second-order valence-corrected chi connectivity index (χ2v) is 9.21. The summed E-state index contributed by atoms with van der Waals surface area (Å²) in [7, 11) is 0. The molecule has 0 bridgehead atoms. The van der Waals surface area contributed by atoms with E-state index in [1.807, 2.05) is 0 Å².